The summed E-state index contributed by atoms with van der Waals surface area (Å²) in [5.41, 5.74) is 17.7. The molecular weight excluding hydrogens is 366 g/mol. The summed E-state index contributed by atoms with van der Waals surface area (Å²) in [7, 11) is 0. The van der Waals surface area contributed by atoms with E-state index in [1.807, 2.05) is 6.07 Å². The van der Waals surface area contributed by atoms with E-state index >= 15 is 0 Å². The SMILES string of the molecule is Cc1cccc(Nc2ccc3c(c2)Cc2cc(N)ccc2N3c2cccc(C)c2)c1. The van der Waals surface area contributed by atoms with Crippen LogP contribution in [0.3, 0.4) is 0 Å². The summed E-state index contributed by atoms with van der Waals surface area (Å²) in [6.45, 7) is 4.24. The first-order valence-electron chi connectivity index (χ1n) is 10.3. The van der Waals surface area contributed by atoms with Crippen LogP contribution in [0.25, 0.3) is 0 Å². The molecule has 1 aliphatic heterocycles. The second kappa shape index (κ2) is 7.27. The lowest BCUT2D eigenvalue weighted by atomic mass is 9.94. The predicted molar refractivity (Wildman–Crippen MR) is 128 cm³/mol. The second-order valence-electron chi connectivity index (χ2n) is 8.08. The fourth-order valence-electron chi connectivity index (χ4n) is 4.26. The highest BCUT2D eigenvalue weighted by Crippen LogP contribution is 2.45. The van der Waals surface area contributed by atoms with Gasteiger partial charge in [-0.2, -0.15) is 0 Å². The first-order valence-corrected chi connectivity index (χ1v) is 10.3. The van der Waals surface area contributed by atoms with E-state index in [2.05, 4.69) is 103 Å². The number of anilines is 6. The average molecular weight is 392 g/mol. The molecule has 0 bridgehead atoms. The minimum Gasteiger partial charge on any atom is -0.399 e. The van der Waals surface area contributed by atoms with Crippen molar-refractivity contribution in [3.63, 3.8) is 0 Å². The Morgan fingerprint density at radius 1 is 0.700 bits per heavy atom. The zero-order valence-electron chi connectivity index (χ0n) is 17.3. The van der Waals surface area contributed by atoms with Crippen LogP contribution in [0.15, 0.2) is 84.9 Å². The van der Waals surface area contributed by atoms with Crippen molar-refractivity contribution < 1.29 is 0 Å². The number of hydrogen-bond acceptors (Lipinski definition) is 3. The largest absolute Gasteiger partial charge is 0.399 e. The number of fused-ring (bicyclic) bond motifs is 2. The summed E-state index contributed by atoms with van der Waals surface area (Å²) < 4.78 is 0. The van der Waals surface area contributed by atoms with Gasteiger partial charge >= 0.3 is 0 Å². The van der Waals surface area contributed by atoms with Crippen LogP contribution in [0.4, 0.5) is 34.1 Å². The molecule has 0 atom stereocenters. The summed E-state index contributed by atoms with van der Waals surface area (Å²) in [6, 6.07) is 29.9. The van der Waals surface area contributed by atoms with Crippen molar-refractivity contribution in [2.24, 2.45) is 0 Å². The number of nitrogen functional groups attached to an aromatic ring is 1. The van der Waals surface area contributed by atoms with E-state index in [0.717, 1.165) is 23.5 Å². The maximum Gasteiger partial charge on any atom is 0.0498 e. The number of nitrogens with two attached hydrogens (primary N) is 1. The van der Waals surface area contributed by atoms with E-state index in [1.165, 1.54) is 39.3 Å². The van der Waals surface area contributed by atoms with E-state index in [0.29, 0.717) is 0 Å². The van der Waals surface area contributed by atoms with Gasteiger partial charge in [0, 0.05) is 40.5 Å². The molecule has 0 aliphatic carbocycles. The van der Waals surface area contributed by atoms with Gasteiger partial charge in [0.1, 0.15) is 0 Å². The summed E-state index contributed by atoms with van der Waals surface area (Å²) in [5, 5.41) is 3.55. The highest BCUT2D eigenvalue weighted by molar-refractivity contribution is 5.85. The third kappa shape index (κ3) is 3.39. The van der Waals surface area contributed by atoms with Crippen molar-refractivity contribution in [1.82, 2.24) is 0 Å². The summed E-state index contributed by atoms with van der Waals surface area (Å²) >= 11 is 0. The second-order valence-corrected chi connectivity index (χ2v) is 8.08. The van der Waals surface area contributed by atoms with Gasteiger partial charge in [-0.05, 0) is 96.8 Å². The molecule has 4 aromatic rings. The molecule has 1 aliphatic rings. The number of rotatable bonds is 3. The zero-order chi connectivity index (χ0) is 20.7. The Labute approximate surface area is 177 Å². The lowest BCUT2D eigenvalue weighted by Gasteiger charge is -2.34. The fourth-order valence-corrected chi connectivity index (χ4v) is 4.26. The van der Waals surface area contributed by atoms with Crippen LogP contribution in [0.1, 0.15) is 22.3 Å². The molecule has 0 saturated carbocycles. The normalized spacial score (nSPS) is 12.3. The molecule has 0 fully saturated rings. The third-order valence-electron chi connectivity index (χ3n) is 5.61. The molecule has 0 unspecified atom stereocenters. The smallest absolute Gasteiger partial charge is 0.0498 e. The van der Waals surface area contributed by atoms with Crippen LogP contribution < -0.4 is 16.0 Å². The highest BCUT2D eigenvalue weighted by Gasteiger charge is 2.24. The molecule has 0 aromatic heterocycles. The highest BCUT2D eigenvalue weighted by atomic mass is 15.2. The molecule has 3 nitrogen and oxygen atoms in total. The Kier molecular flexibility index (Phi) is 4.44. The molecule has 3 heteroatoms. The monoisotopic (exact) mass is 391 g/mol. The van der Waals surface area contributed by atoms with Crippen molar-refractivity contribution in [3.8, 4) is 0 Å². The first kappa shape index (κ1) is 18.3. The van der Waals surface area contributed by atoms with E-state index in [1.54, 1.807) is 0 Å². The minimum absolute atomic E-state index is 0.801. The maximum atomic E-state index is 6.13. The first-order chi connectivity index (χ1) is 14.6. The Hall–Kier alpha value is -3.72. The van der Waals surface area contributed by atoms with Gasteiger partial charge in [-0.15, -0.1) is 0 Å². The van der Waals surface area contributed by atoms with Gasteiger partial charge < -0.3 is 16.0 Å². The number of nitrogens with zero attached hydrogens (tertiary/aromatic N) is 1. The predicted octanol–water partition coefficient (Wildman–Crippen LogP) is 7.00. The Bertz CT molecular complexity index is 1240. The van der Waals surface area contributed by atoms with Crippen LogP contribution in [0.5, 0.6) is 0 Å². The number of nitrogens with one attached hydrogen (secondary N) is 1. The van der Waals surface area contributed by atoms with Gasteiger partial charge in [0.25, 0.3) is 0 Å². The fraction of sp³-hybridized carbons (Fsp3) is 0.111. The molecule has 0 radical (unpaired) electrons. The molecule has 148 valence electrons. The minimum atomic E-state index is 0.801. The summed E-state index contributed by atoms with van der Waals surface area (Å²) in [5.74, 6) is 0. The Morgan fingerprint density at radius 2 is 1.37 bits per heavy atom. The van der Waals surface area contributed by atoms with Gasteiger partial charge in [-0.1, -0.05) is 24.3 Å². The van der Waals surface area contributed by atoms with Gasteiger partial charge in [-0.3, -0.25) is 0 Å². The molecule has 4 aromatic carbocycles. The van der Waals surface area contributed by atoms with Crippen LogP contribution in [0, 0.1) is 13.8 Å². The molecule has 0 spiro atoms. The van der Waals surface area contributed by atoms with Crippen molar-refractivity contribution >= 4 is 34.1 Å². The molecule has 3 N–H and O–H groups in total. The Morgan fingerprint density at radius 3 is 2.13 bits per heavy atom. The molecule has 5 rings (SSSR count). The summed E-state index contributed by atoms with van der Waals surface area (Å²) in [4.78, 5) is 2.34. The zero-order valence-corrected chi connectivity index (χ0v) is 17.3. The van der Waals surface area contributed by atoms with Gasteiger partial charge in [-0.25, -0.2) is 0 Å². The van der Waals surface area contributed by atoms with Crippen LogP contribution in [0.2, 0.25) is 0 Å². The van der Waals surface area contributed by atoms with E-state index in [9.17, 15) is 0 Å². The standard InChI is InChI=1S/C27H25N3/c1-18-5-3-7-23(13-18)29-24-10-12-27-21(17-24)15-20-16-22(28)9-11-26(20)30(27)25-8-4-6-19(2)14-25/h3-14,16-17,29H,15,28H2,1-2H3. The van der Waals surface area contributed by atoms with Crippen molar-refractivity contribution in [2.45, 2.75) is 20.3 Å². The van der Waals surface area contributed by atoms with E-state index < -0.39 is 0 Å². The topological polar surface area (TPSA) is 41.3 Å². The average Bonchev–Trinajstić information content (AvgIpc) is 2.72. The number of aryl methyl sites for hydroxylation is 2. The number of hydrogen-bond donors (Lipinski definition) is 2. The van der Waals surface area contributed by atoms with Crippen molar-refractivity contribution in [3.05, 3.63) is 107 Å². The molecular formula is C27H25N3. The lowest BCUT2D eigenvalue weighted by Crippen LogP contribution is -2.19. The van der Waals surface area contributed by atoms with Gasteiger partial charge in [0.15, 0.2) is 0 Å². The van der Waals surface area contributed by atoms with Gasteiger partial charge in [0.2, 0.25) is 0 Å². The molecule has 30 heavy (non-hydrogen) atoms. The Balaban J connectivity index is 1.60. The third-order valence-corrected chi connectivity index (χ3v) is 5.61. The molecule has 0 saturated heterocycles. The molecule has 1 heterocycles. The van der Waals surface area contributed by atoms with E-state index in [-0.39, 0.29) is 0 Å². The van der Waals surface area contributed by atoms with Gasteiger partial charge in [0.05, 0.1) is 0 Å². The molecule has 0 amide bonds. The van der Waals surface area contributed by atoms with Crippen molar-refractivity contribution in [2.75, 3.05) is 16.0 Å². The maximum absolute atomic E-state index is 6.13. The van der Waals surface area contributed by atoms with Crippen molar-refractivity contribution in [1.29, 1.82) is 0 Å². The van der Waals surface area contributed by atoms with Crippen LogP contribution in [-0.2, 0) is 6.42 Å². The number of benzene rings is 4. The lowest BCUT2D eigenvalue weighted by molar-refractivity contribution is 1.09. The quantitative estimate of drug-likeness (QED) is 0.325. The van der Waals surface area contributed by atoms with Crippen LogP contribution >= 0.6 is 0 Å². The van der Waals surface area contributed by atoms with Crippen LogP contribution in [-0.4, -0.2) is 0 Å². The summed E-state index contributed by atoms with van der Waals surface area (Å²) in [6.07, 6.45) is 0.862. The van der Waals surface area contributed by atoms with E-state index in [4.69, 9.17) is 5.73 Å².